The Balaban J connectivity index is 2.01. The summed E-state index contributed by atoms with van der Waals surface area (Å²) in [5.41, 5.74) is 0. The SMILES string of the molecule is CCCCCCC(O)c1cc2cc(F)ccc2s1. The molecule has 0 aliphatic carbocycles. The smallest absolute Gasteiger partial charge is 0.123 e. The summed E-state index contributed by atoms with van der Waals surface area (Å²) in [6, 6.07) is 6.69. The molecule has 1 N–H and O–H groups in total. The fourth-order valence-corrected chi connectivity index (χ4v) is 3.17. The Bertz CT molecular complexity index is 506. The van der Waals surface area contributed by atoms with Crippen molar-refractivity contribution in [2.24, 2.45) is 0 Å². The maximum absolute atomic E-state index is 13.1. The van der Waals surface area contributed by atoms with Crippen LogP contribution in [-0.2, 0) is 0 Å². The van der Waals surface area contributed by atoms with E-state index in [1.807, 2.05) is 6.07 Å². The third kappa shape index (κ3) is 3.30. The number of benzene rings is 1. The summed E-state index contributed by atoms with van der Waals surface area (Å²) in [5.74, 6) is -0.218. The van der Waals surface area contributed by atoms with Crippen molar-refractivity contribution in [2.45, 2.75) is 45.1 Å². The lowest BCUT2D eigenvalue weighted by Crippen LogP contribution is -1.93. The molecule has 0 amide bonds. The molecule has 0 fully saturated rings. The third-order valence-electron chi connectivity index (χ3n) is 3.16. The molecule has 0 saturated carbocycles. The standard InChI is InChI=1S/C15H19FOS/c1-2-3-4-5-6-13(17)15-10-11-9-12(16)7-8-14(11)18-15/h7-10,13,17H,2-6H2,1H3. The van der Waals surface area contributed by atoms with Crippen LogP contribution < -0.4 is 0 Å². The average molecular weight is 266 g/mol. The summed E-state index contributed by atoms with van der Waals surface area (Å²) in [7, 11) is 0. The highest BCUT2D eigenvalue weighted by Crippen LogP contribution is 2.32. The average Bonchev–Trinajstić information content (AvgIpc) is 2.77. The number of hydrogen-bond acceptors (Lipinski definition) is 2. The molecule has 1 atom stereocenters. The van der Waals surface area contributed by atoms with Gasteiger partial charge >= 0.3 is 0 Å². The number of unbranched alkanes of at least 4 members (excludes halogenated alkanes) is 3. The molecule has 0 spiro atoms. The van der Waals surface area contributed by atoms with Gasteiger partial charge in [0, 0.05) is 9.58 Å². The molecule has 1 aromatic heterocycles. The van der Waals surface area contributed by atoms with Crippen molar-refractivity contribution in [3.8, 4) is 0 Å². The zero-order chi connectivity index (χ0) is 13.0. The minimum atomic E-state index is -0.401. The fraction of sp³-hybridized carbons (Fsp3) is 0.467. The van der Waals surface area contributed by atoms with E-state index in [4.69, 9.17) is 0 Å². The summed E-state index contributed by atoms with van der Waals surface area (Å²) in [4.78, 5) is 0.951. The number of aliphatic hydroxyl groups is 1. The predicted molar refractivity (Wildman–Crippen MR) is 75.5 cm³/mol. The van der Waals surface area contributed by atoms with E-state index in [0.29, 0.717) is 0 Å². The molecule has 0 saturated heterocycles. The maximum atomic E-state index is 13.1. The van der Waals surface area contributed by atoms with Gasteiger partial charge in [0.05, 0.1) is 6.10 Å². The van der Waals surface area contributed by atoms with Crippen molar-refractivity contribution in [1.29, 1.82) is 0 Å². The van der Waals surface area contributed by atoms with Gasteiger partial charge in [0.15, 0.2) is 0 Å². The second kappa shape index (κ2) is 6.30. The lowest BCUT2D eigenvalue weighted by Gasteiger charge is -2.07. The van der Waals surface area contributed by atoms with Crippen LogP contribution in [0, 0.1) is 5.82 Å². The molecule has 98 valence electrons. The van der Waals surface area contributed by atoms with Gasteiger partial charge in [0.2, 0.25) is 0 Å². The minimum Gasteiger partial charge on any atom is -0.388 e. The van der Waals surface area contributed by atoms with E-state index >= 15 is 0 Å². The lowest BCUT2D eigenvalue weighted by molar-refractivity contribution is 0.167. The van der Waals surface area contributed by atoms with E-state index in [0.717, 1.165) is 27.8 Å². The number of aliphatic hydroxyl groups excluding tert-OH is 1. The van der Waals surface area contributed by atoms with Crippen molar-refractivity contribution in [3.05, 3.63) is 35.0 Å². The molecule has 3 heteroatoms. The number of halogens is 1. The van der Waals surface area contributed by atoms with Crippen molar-refractivity contribution in [1.82, 2.24) is 0 Å². The van der Waals surface area contributed by atoms with E-state index in [-0.39, 0.29) is 5.82 Å². The van der Waals surface area contributed by atoms with Crippen molar-refractivity contribution >= 4 is 21.4 Å². The molecule has 2 rings (SSSR count). The zero-order valence-corrected chi connectivity index (χ0v) is 11.5. The van der Waals surface area contributed by atoms with Gasteiger partial charge in [-0.15, -0.1) is 11.3 Å². The number of fused-ring (bicyclic) bond motifs is 1. The second-order valence-corrected chi connectivity index (χ2v) is 5.81. The Morgan fingerprint density at radius 2 is 2.06 bits per heavy atom. The van der Waals surface area contributed by atoms with Gasteiger partial charge in [-0.1, -0.05) is 32.6 Å². The Hall–Kier alpha value is -0.930. The quantitative estimate of drug-likeness (QED) is 0.726. The topological polar surface area (TPSA) is 20.2 Å². The Labute approximate surface area is 111 Å². The van der Waals surface area contributed by atoms with E-state index in [2.05, 4.69) is 6.92 Å². The summed E-state index contributed by atoms with van der Waals surface area (Å²) >= 11 is 1.56. The van der Waals surface area contributed by atoms with Gasteiger partial charge in [-0.25, -0.2) is 4.39 Å². The molecule has 1 aromatic carbocycles. The zero-order valence-electron chi connectivity index (χ0n) is 10.7. The summed E-state index contributed by atoms with van der Waals surface area (Å²) < 4.78 is 14.1. The van der Waals surface area contributed by atoms with Crippen LogP contribution in [0.1, 0.15) is 50.0 Å². The van der Waals surface area contributed by atoms with Crippen LogP contribution in [0.15, 0.2) is 24.3 Å². The fourth-order valence-electron chi connectivity index (χ4n) is 2.11. The second-order valence-electron chi connectivity index (χ2n) is 4.70. The summed E-state index contributed by atoms with van der Waals surface area (Å²) in [6.45, 7) is 2.18. The molecule has 18 heavy (non-hydrogen) atoms. The predicted octanol–water partition coefficient (Wildman–Crippen LogP) is 5.04. The van der Waals surface area contributed by atoms with Crippen molar-refractivity contribution in [2.75, 3.05) is 0 Å². The first-order valence-corrected chi connectivity index (χ1v) is 7.39. The van der Waals surface area contributed by atoms with Gasteiger partial charge in [0.25, 0.3) is 0 Å². The first-order valence-electron chi connectivity index (χ1n) is 6.57. The Kier molecular flexibility index (Phi) is 4.72. The highest BCUT2D eigenvalue weighted by atomic mass is 32.1. The summed E-state index contributed by atoms with van der Waals surface area (Å²) in [5, 5.41) is 11.0. The molecule has 1 nitrogen and oxygen atoms in total. The van der Waals surface area contributed by atoms with E-state index < -0.39 is 6.10 Å². The molecular formula is C15H19FOS. The van der Waals surface area contributed by atoms with E-state index in [1.54, 1.807) is 17.4 Å². The third-order valence-corrected chi connectivity index (χ3v) is 4.37. The van der Waals surface area contributed by atoms with E-state index in [1.165, 1.54) is 31.4 Å². The maximum Gasteiger partial charge on any atom is 0.123 e. The molecule has 0 aliphatic rings. The van der Waals surface area contributed by atoms with Crippen LogP contribution in [0.3, 0.4) is 0 Å². The molecule has 0 aliphatic heterocycles. The van der Waals surface area contributed by atoms with Crippen LogP contribution in [0.2, 0.25) is 0 Å². The van der Waals surface area contributed by atoms with Gasteiger partial charge in [-0.2, -0.15) is 0 Å². The number of rotatable bonds is 6. The highest BCUT2D eigenvalue weighted by molar-refractivity contribution is 7.19. The van der Waals surface area contributed by atoms with Crippen molar-refractivity contribution < 1.29 is 9.50 Å². The van der Waals surface area contributed by atoms with Crippen LogP contribution in [0.5, 0.6) is 0 Å². The number of thiophene rings is 1. The summed E-state index contributed by atoms with van der Waals surface area (Å²) in [6.07, 6.45) is 5.06. The number of hydrogen-bond donors (Lipinski definition) is 1. The highest BCUT2D eigenvalue weighted by Gasteiger charge is 2.11. The molecular weight excluding hydrogens is 247 g/mol. The van der Waals surface area contributed by atoms with E-state index in [9.17, 15) is 9.50 Å². The van der Waals surface area contributed by atoms with Crippen LogP contribution in [-0.4, -0.2) is 5.11 Å². The molecule has 2 aromatic rings. The first-order chi connectivity index (χ1) is 8.70. The molecule has 1 unspecified atom stereocenters. The molecule has 0 bridgehead atoms. The van der Waals surface area contributed by atoms with Crippen molar-refractivity contribution in [3.63, 3.8) is 0 Å². The lowest BCUT2D eigenvalue weighted by atomic mass is 10.1. The Morgan fingerprint density at radius 1 is 1.22 bits per heavy atom. The monoisotopic (exact) mass is 266 g/mol. The van der Waals surface area contributed by atoms with Crippen LogP contribution in [0.25, 0.3) is 10.1 Å². The van der Waals surface area contributed by atoms with Crippen LogP contribution in [0.4, 0.5) is 4.39 Å². The van der Waals surface area contributed by atoms with Crippen LogP contribution >= 0.6 is 11.3 Å². The van der Waals surface area contributed by atoms with Gasteiger partial charge in [-0.05, 0) is 36.1 Å². The van der Waals surface area contributed by atoms with Gasteiger partial charge < -0.3 is 5.11 Å². The largest absolute Gasteiger partial charge is 0.388 e. The normalized spacial score (nSPS) is 13.1. The Morgan fingerprint density at radius 3 is 2.83 bits per heavy atom. The first kappa shape index (κ1) is 13.5. The minimum absolute atomic E-state index is 0.218. The van der Waals surface area contributed by atoms with Gasteiger partial charge in [-0.3, -0.25) is 0 Å². The van der Waals surface area contributed by atoms with Gasteiger partial charge in [0.1, 0.15) is 5.82 Å². The molecule has 0 radical (unpaired) electrons. The molecule has 1 heterocycles.